The molecule has 21 heavy (non-hydrogen) atoms. The third kappa shape index (κ3) is 5.30. The van der Waals surface area contributed by atoms with E-state index in [4.69, 9.17) is 4.74 Å². The van der Waals surface area contributed by atoms with E-state index in [1.807, 2.05) is 0 Å². The van der Waals surface area contributed by atoms with Crippen molar-refractivity contribution in [2.24, 2.45) is 5.92 Å². The van der Waals surface area contributed by atoms with Crippen molar-refractivity contribution in [2.45, 2.75) is 45.7 Å². The summed E-state index contributed by atoms with van der Waals surface area (Å²) in [6.45, 7) is 9.40. The predicted octanol–water partition coefficient (Wildman–Crippen LogP) is 2.63. The molecular weight excluding hydrogens is 262 g/mol. The van der Waals surface area contributed by atoms with Gasteiger partial charge in [-0.25, -0.2) is 5.43 Å². The molecule has 0 bridgehead atoms. The zero-order valence-electron chi connectivity index (χ0n) is 13.5. The van der Waals surface area contributed by atoms with E-state index in [9.17, 15) is 0 Å². The van der Waals surface area contributed by atoms with Crippen LogP contribution in [0.5, 0.6) is 5.75 Å². The average molecular weight is 291 g/mol. The largest absolute Gasteiger partial charge is 0.494 e. The second kappa shape index (κ2) is 8.37. The van der Waals surface area contributed by atoms with E-state index in [1.165, 1.54) is 5.56 Å². The number of ether oxygens (including phenoxy) is 1. The second-order valence-electron chi connectivity index (χ2n) is 6.18. The van der Waals surface area contributed by atoms with E-state index >= 15 is 0 Å². The average Bonchev–Trinajstić information content (AvgIpc) is 2.94. The van der Waals surface area contributed by atoms with E-state index in [-0.39, 0.29) is 0 Å². The van der Waals surface area contributed by atoms with Gasteiger partial charge in [-0.15, -0.1) is 0 Å². The van der Waals surface area contributed by atoms with Crippen LogP contribution in [0.3, 0.4) is 0 Å². The molecule has 2 unspecified atom stereocenters. The maximum absolute atomic E-state index is 5.76. The highest BCUT2D eigenvalue weighted by Gasteiger charge is 2.24. The highest BCUT2D eigenvalue weighted by molar-refractivity contribution is 5.29. The van der Waals surface area contributed by atoms with E-state index in [2.05, 4.69) is 61.2 Å². The fourth-order valence-electron chi connectivity index (χ4n) is 2.50. The van der Waals surface area contributed by atoms with Gasteiger partial charge in [0.05, 0.1) is 6.61 Å². The Kier molecular flexibility index (Phi) is 6.49. The first-order valence-corrected chi connectivity index (χ1v) is 8.13. The lowest BCUT2D eigenvalue weighted by Crippen LogP contribution is -2.37. The highest BCUT2D eigenvalue weighted by atomic mass is 16.5. The Bertz CT molecular complexity index is 405. The van der Waals surface area contributed by atoms with Gasteiger partial charge in [-0.1, -0.05) is 32.9 Å². The van der Waals surface area contributed by atoms with Crippen LogP contribution in [-0.4, -0.2) is 25.7 Å². The standard InChI is InChI=1S/C17H29N3O/c1-4-18-12-15-11-17(20-19-15)14-5-7-16(8-6-14)21-10-9-13(2)3/h5-8,13,15,17-20H,4,9-12H2,1-3H3. The SMILES string of the molecule is CCNCC1CC(c2ccc(OCCC(C)C)cc2)NN1. The molecule has 4 heteroatoms. The van der Waals surface area contributed by atoms with Gasteiger partial charge in [0.25, 0.3) is 0 Å². The summed E-state index contributed by atoms with van der Waals surface area (Å²) in [6.07, 6.45) is 2.21. The number of hydrazine groups is 1. The Labute approximate surface area is 128 Å². The number of rotatable bonds is 8. The quantitative estimate of drug-likeness (QED) is 0.689. The maximum atomic E-state index is 5.76. The Balaban J connectivity index is 1.79. The van der Waals surface area contributed by atoms with Crippen LogP contribution in [0.25, 0.3) is 0 Å². The summed E-state index contributed by atoms with van der Waals surface area (Å²) in [7, 11) is 0. The minimum atomic E-state index is 0.387. The van der Waals surface area contributed by atoms with Gasteiger partial charge >= 0.3 is 0 Å². The zero-order valence-corrected chi connectivity index (χ0v) is 13.5. The van der Waals surface area contributed by atoms with Crippen LogP contribution in [0.2, 0.25) is 0 Å². The molecule has 1 aromatic carbocycles. The van der Waals surface area contributed by atoms with Crippen LogP contribution in [0.4, 0.5) is 0 Å². The van der Waals surface area contributed by atoms with Crippen LogP contribution in [-0.2, 0) is 0 Å². The molecule has 1 aliphatic heterocycles. The Morgan fingerprint density at radius 1 is 1.24 bits per heavy atom. The van der Waals surface area contributed by atoms with Crippen molar-refractivity contribution in [1.29, 1.82) is 0 Å². The van der Waals surface area contributed by atoms with Crippen molar-refractivity contribution in [3.05, 3.63) is 29.8 Å². The summed E-state index contributed by atoms with van der Waals surface area (Å²) < 4.78 is 5.76. The van der Waals surface area contributed by atoms with Crippen LogP contribution < -0.4 is 20.9 Å². The van der Waals surface area contributed by atoms with Gasteiger partial charge in [-0.3, -0.25) is 5.43 Å². The molecule has 1 saturated heterocycles. The van der Waals surface area contributed by atoms with Gasteiger partial charge in [0.15, 0.2) is 0 Å². The van der Waals surface area contributed by atoms with Gasteiger partial charge in [0.1, 0.15) is 5.75 Å². The Morgan fingerprint density at radius 2 is 2.00 bits per heavy atom. The Morgan fingerprint density at radius 3 is 2.67 bits per heavy atom. The molecule has 0 radical (unpaired) electrons. The van der Waals surface area contributed by atoms with Crippen molar-refractivity contribution >= 4 is 0 Å². The van der Waals surface area contributed by atoms with Crippen LogP contribution in [0, 0.1) is 5.92 Å². The monoisotopic (exact) mass is 291 g/mol. The summed E-state index contributed by atoms with van der Waals surface area (Å²) in [5.74, 6) is 1.65. The molecule has 2 rings (SSSR count). The summed E-state index contributed by atoms with van der Waals surface area (Å²) in [5.41, 5.74) is 8.05. The fourth-order valence-corrected chi connectivity index (χ4v) is 2.50. The number of hydrogen-bond donors (Lipinski definition) is 3. The summed E-state index contributed by atoms with van der Waals surface area (Å²) >= 11 is 0. The molecule has 118 valence electrons. The maximum Gasteiger partial charge on any atom is 0.119 e. The first kappa shape index (κ1) is 16.3. The summed E-state index contributed by atoms with van der Waals surface area (Å²) in [5, 5.41) is 3.38. The van der Waals surface area contributed by atoms with Crippen molar-refractivity contribution in [3.63, 3.8) is 0 Å². The minimum absolute atomic E-state index is 0.387. The molecular formula is C17H29N3O. The molecule has 0 amide bonds. The molecule has 1 fully saturated rings. The van der Waals surface area contributed by atoms with Gasteiger partial charge in [-0.05, 0) is 43.0 Å². The van der Waals surface area contributed by atoms with Crippen LogP contribution in [0.15, 0.2) is 24.3 Å². The third-order valence-electron chi connectivity index (χ3n) is 3.87. The van der Waals surface area contributed by atoms with E-state index in [0.717, 1.165) is 38.3 Å². The van der Waals surface area contributed by atoms with Crippen LogP contribution >= 0.6 is 0 Å². The number of benzene rings is 1. The lowest BCUT2D eigenvalue weighted by Gasteiger charge is -2.12. The number of hydrogen-bond acceptors (Lipinski definition) is 4. The number of likely N-dealkylation sites (N-methyl/N-ethyl adjacent to an activating group) is 1. The van der Waals surface area contributed by atoms with Crippen molar-refractivity contribution in [1.82, 2.24) is 16.2 Å². The highest BCUT2D eigenvalue weighted by Crippen LogP contribution is 2.24. The molecule has 0 aromatic heterocycles. The molecule has 4 nitrogen and oxygen atoms in total. The van der Waals surface area contributed by atoms with E-state index < -0.39 is 0 Å². The van der Waals surface area contributed by atoms with Crippen molar-refractivity contribution in [3.8, 4) is 5.75 Å². The number of nitrogens with one attached hydrogen (secondary N) is 3. The smallest absolute Gasteiger partial charge is 0.119 e. The van der Waals surface area contributed by atoms with Gasteiger partial charge in [0, 0.05) is 18.6 Å². The molecule has 1 aromatic rings. The fraction of sp³-hybridized carbons (Fsp3) is 0.647. The van der Waals surface area contributed by atoms with Gasteiger partial charge in [0.2, 0.25) is 0 Å². The predicted molar refractivity (Wildman–Crippen MR) is 87.4 cm³/mol. The molecule has 1 aliphatic rings. The molecule has 0 aliphatic carbocycles. The van der Waals surface area contributed by atoms with Crippen molar-refractivity contribution in [2.75, 3.05) is 19.7 Å². The van der Waals surface area contributed by atoms with Gasteiger partial charge < -0.3 is 10.1 Å². The Hall–Kier alpha value is -1.10. The molecule has 0 spiro atoms. The minimum Gasteiger partial charge on any atom is -0.494 e. The topological polar surface area (TPSA) is 45.3 Å². The third-order valence-corrected chi connectivity index (χ3v) is 3.87. The molecule has 2 atom stereocenters. The molecule has 1 heterocycles. The molecule has 3 N–H and O–H groups in total. The van der Waals surface area contributed by atoms with E-state index in [1.54, 1.807) is 0 Å². The summed E-state index contributed by atoms with van der Waals surface area (Å²) in [4.78, 5) is 0. The molecule has 0 saturated carbocycles. The lowest BCUT2D eigenvalue weighted by molar-refractivity contribution is 0.289. The first-order valence-electron chi connectivity index (χ1n) is 8.13. The van der Waals surface area contributed by atoms with Crippen molar-refractivity contribution < 1.29 is 4.74 Å². The van der Waals surface area contributed by atoms with Gasteiger partial charge in [-0.2, -0.15) is 0 Å². The second-order valence-corrected chi connectivity index (χ2v) is 6.18. The first-order chi connectivity index (χ1) is 10.2. The zero-order chi connectivity index (χ0) is 15.1. The lowest BCUT2D eigenvalue weighted by atomic mass is 10.0. The normalized spacial score (nSPS) is 21.9. The summed E-state index contributed by atoms with van der Waals surface area (Å²) in [6, 6.07) is 9.37. The van der Waals surface area contributed by atoms with E-state index in [0.29, 0.717) is 18.0 Å². The van der Waals surface area contributed by atoms with Crippen LogP contribution in [0.1, 0.15) is 45.2 Å².